The normalized spacial score (nSPS) is 26.8. The molecule has 0 aliphatic carbocycles. The number of benzene rings is 1. The van der Waals surface area contributed by atoms with E-state index in [0.29, 0.717) is 11.8 Å². The van der Waals surface area contributed by atoms with Crippen LogP contribution in [0.4, 0.5) is 0 Å². The van der Waals surface area contributed by atoms with E-state index in [0.717, 1.165) is 6.54 Å². The summed E-state index contributed by atoms with van der Waals surface area (Å²) in [5.41, 5.74) is 8.77. The molecule has 2 unspecified atom stereocenters. The van der Waals surface area contributed by atoms with Gasteiger partial charge in [-0.15, -0.1) is 0 Å². The first kappa shape index (κ1) is 12.6. The average Bonchev–Trinajstić information content (AvgIpc) is 2.52. The summed E-state index contributed by atoms with van der Waals surface area (Å²) in [5.74, 6) is 1.29. The Balaban J connectivity index is 2.18. The second-order valence-electron chi connectivity index (χ2n) is 5.39. The van der Waals surface area contributed by atoms with Crippen LogP contribution < -0.4 is 5.73 Å². The number of nitrogens with two attached hydrogens (primary N) is 1. The molecule has 1 saturated heterocycles. The first-order valence-electron chi connectivity index (χ1n) is 6.66. The number of hydrogen-bond donors (Lipinski definition) is 1. The lowest BCUT2D eigenvalue weighted by molar-refractivity contribution is 0.342. The second-order valence-corrected chi connectivity index (χ2v) is 5.39. The molecule has 0 saturated carbocycles. The van der Waals surface area contributed by atoms with Gasteiger partial charge in [-0.25, -0.2) is 0 Å². The molecule has 1 aliphatic rings. The second kappa shape index (κ2) is 5.65. The smallest absolute Gasteiger partial charge is 0.00158 e. The van der Waals surface area contributed by atoms with Gasteiger partial charge in [0.05, 0.1) is 0 Å². The molecule has 1 aromatic rings. The van der Waals surface area contributed by atoms with Crippen LogP contribution in [0.5, 0.6) is 0 Å². The average molecular weight is 232 g/mol. The highest BCUT2D eigenvalue weighted by atomic mass is 15.1. The molecule has 0 aromatic heterocycles. The molecule has 0 radical (unpaired) electrons. The van der Waals surface area contributed by atoms with Gasteiger partial charge in [0.25, 0.3) is 0 Å². The fourth-order valence-corrected chi connectivity index (χ4v) is 2.83. The monoisotopic (exact) mass is 232 g/mol. The van der Waals surface area contributed by atoms with Crippen molar-refractivity contribution in [2.24, 2.45) is 11.7 Å². The Morgan fingerprint density at radius 1 is 1.18 bits per heavy atom. The first-order valence-corrected chi connectivity index (χ1v) is 6.66. The lowest BCUT2D eigenvalue weighted by Crippen LogP contribution is -2.22. The van der Waals surface area contributed by atoms with E-state index in [2.05, 4.69) is 43.1 Å². The minimum atomic E-state index is 0.641. The molecule has 0 spiro atoms. The van der Waals surface area contributed by atoms with Crippen molar-refractivity contribution in [2.75, 3.05) is 26.7 Å². The van der Waals surface area contributed by atoms with Gasteiger partial charge < -0.3 is 10.6 Å². The van der Waals surface area contributed by atoms with Crippen LogP contribution in [0.2, 0.25) is 0 Å². The van der Waals surface area contributed by atoms with Gasteiger partial charge in [0.1, 0.15) is 0 Å². The summed E-state index contributed by atoms with van der Waals surface area (Å²) in [6.45, 7) is 5.33. The molecule has 94 valence electrons. The Labute approximate surface area is 105 Å². The van der Waals surface area contributed by atoms with E-state index in [4.69, 9.17) is 5.73 Å². The van der Waals surface area contributed by atoms with Gasteiger partial charge in [-0.1, -0.05) is 29.8 Å². The maximum atomic E-state index is 5.96. The van der Waals surface area contributed by atoms with Gasteiger partial charge in [0.2, 0.25) is 0 Å². The molecule has 0 bridgehead atoms. The summed E-state index contributed by atoms with van der Waals surface area (Å²) in [6, 6.07) is 9.01. The van der Waals surface area contributed by atoms with Gasteiger partial charge in [-0.3, -0.25) is 0 Å². The van der Waals surface area contributed by atoms with Crippen molar-refractivity contribution in [1.29, 1.82) is 0 Å². The fraction of sp³-hybridized carbons (Fsp3) is 0.600. The van der Waals surface area contributed by atoms with Gasteiger partial charge >= 0.3 is 0 Å². The van der Waals surface area contributed by atoms with Crippen LogP contribution in [0.3, 0.4) is 0 Å². The molecule has 2 heteroatoms. The zero-order valence-electron chi connectivity index (χ0n) is 11.0. The Morgan fingerprint density at radius 3 is 2.47 bits per heavy atom. The van der Waals surface area contributed by atoms with Crippen molar-refractivity contribution >= 4 is 0 Å². The summed E-state index contributed by atoms with van der Waals surface area (Å²) >= 11 is 0. The van der Waals surface area contributed by atoms with Crippen LogP contribution in [-0.2, 0) is 0 Å². The van der Waals surface area contributed by atoms with E-state index in [1.54, 1.807) is 0 Å². The number of rotatable bonds is 2. The molecule has 2 nitrogen and oxygen atoms in total. The van der Waals surface area contributed by atoms with E-state index >= 15 is 0 Å². The Hall–Kier alpha value is -0.860. The maximum absolute atomic E-state index is 5.96. The minimum Gasteiger partial charge on any atom is -0.330 e. The summed E-state index contributed by atoms with van der Waals surface area (Å²) in [6.07, 6.45) is 2.47. The fourth-order valence-electron chi connectivity index (χ4n) is 2.83. The third-order valence-electron chi connectivity index (χ3n) is 4.08. The van der Waals surface area contributed by atoms with Gasteiger partial charge in [0, 0.05) is 0 Å². The predicted molar refractivity (Wildman–Crippen MR) is 73.2 cm³/mol. The van der Waals surface area contributed by atoms with Crippen molar-refractivity contribution in [3.05, 3.63) is 35.4 Å². The van der Waals surface area contributed by atoms with Crippen molar-refractivity contribution in [3.8, 4) is 0 Å². The number of hydrogen-bond acceptors (Lipinski definition) is 2. The molecule has 2 N–H and O–H groups in total. The molecule has 1 aromatic carbocycles. The number of likely N-dealkylation sites (tertiary alicyclic amines) is 1. The molecular weight excluding hydrogens is 208 g/mol. The summed E-state index contributed by atoms with van der Waals surface area (Å²) < 4.78 is 0. The van der Waals surface area contributed by atoms with Gasteiger partial charge in [-0.05, 0) is 63.8 Å². The largest absolute Gasteiger partial charge is 0.330 e. The summed E-state index contributed by atoms with van der Waals surface area (Å²) in [4.78, 5) is 2.43. The van der Waals surface area contributed by atoms with Crippen molar-refractivity contribution in [1.82, 2.24) is 4.90 Å². The van der Waals surface area contributed by atoms with Crippen LogP contribution in [0, 0.1) is 12.8 Å². The van der Waals surface area contributed by atoms with Crippen molar-refractivity contribution in [2.45, 2.75) is 25.7 Å². The highest BCUT2D eigenvalue weighted by molar-refractivity contribution is 5.25. The SMILES string of the molecule is Cc1ccc(C2CCN(C)CCC2CN)cc1. The standard InChI is InChI=1S/C15H24N2/c1-12-3-5-13(6-4-12)15-8-10-17(2)9-7-14(15)11-16/h3-6,14-15H,7-11,16H2,1-2H3. The molecule has 2 rings (SSSR count). The number of nitrogens with zero attached hydrogens (tertiary/aromatic N) is 1. The maximum Gasteiger partial charge on any atom is -0.00158 e. The Kier molecular flexibility index (Phi) is 4.19. The molecule has 1 heterocycles. The van der Waals surface area contributed by atoms with Crippen LogP contribution in [0.1, 0.15) is 29.9 Å². The van der Waals surface area contributed by atoms with Gasteiger partial charge in [-0.2, -0.15) is 0 Å². The quantitative estimate of drug-likeness (QED) is 0.848. The van der Waals surface area contributed by atoms with Crippen LogP contribution in [0.15, 0.2) is 24.3 Å². The summed E-state index contributed by atoms with van der Waals surface area (Å²) in [7, 11) is 2.21. The number of aryl methyl sites for hydroxylation is 1. The zero-order chi connectivity index (χ0) is 12.3. The topological polar surface area (TPSA) is 29.3 Å². The van der Waals surface area contributed by atoms with Crippen molar-refractivity contribution < 1.29 is 0 Å². The summed E-state index contributed by atoms with van der Waals surface area (Å²) in [5, 5.41) is 0. The molecular formula is C15H24N2. The van der Waals surface area contributed by atoms with E-state index in [1.807, 2.05) is 0 Å². The lowest BCUT2D eigenvalue weighted by Gasteiger charge is -2.23. The van der Waals surface area contributed by atoms with E-state index in [9.17, 15) is 0 Å². The molecule has 17 heavy (non-hydrogen) atoms. The Bertz CT molecular complexity index is 344. The predicted octanol–water partition coefficient (Wildman–Crippen LogP) is 2.38. The van der Waals surface area contributed by atoms with Crippen LogP contribution >= 0.6 is 0 Å². The highest BCUT2D eigenvalue weighted by Crippen LogP contribution is 2.32. The highest BCUT2D eigenvalue weighted by Gasteiger charge is 2.25. The van der Waals surface area contributed by atoms with Crippen LogP contribution in [0.25, 0.3) is 0 Å². The third-order valence-corrected chi connectivity index (χ3v) is 4.08. The minimum absolute atomic E-state index is 0.641. The first-order chi connectivity index (χ1) is 8.20. The zero-order valence-corrected chi connectivity index (χ0v) is 11.0. The molecule has 2 atom stereocenters. The lowest BCUT2D eigenvalue weighted by atomic mass is 9.82. The van der Waals surface area contributed by atoms with Crippen LogP contribution in [-0.4, -0.2) is 31.6 Å². The van der Waals surface area contributed by atoms with E-state index in [-0.39, 0.29) is 0 Å². The van der Waals surface area contributed by atoms with Crippen molar-refractivity contribution in [3.63, 3.8) is 0 Å². The van der Waals surface area contributed by atoms with Gasteiger partial charge in [0.15, 0.2) is 0 Å². The molecule has 1 fully saturated rings. The van der Waals surface area contributed by atoms with E-state index < -0.39 is 0 Å². The Morgan fingerprint density at radius 2 is 1.82 bits per heavy atom. The van der Waals surface area contributed by atoms with E-state index in [1.165, 1.54) is 37.1 Å². The molecule has 1 aliphatic heterocycles. The third kappa shape index (κ3) is 3.08. The molecule has 0 amide bonds.